The van der Waals surface area contributed by atoms with Gasteiger partial charge in [-0.05, 0) is 42.2 Å². The minimum atomic E-state index is -3.83. The fourth-order valence-corrected chi connectivity index (χ4v) is 3.88. The van der Waals surface area contributed by atoms with Gasteiger partial charge in [-0.25, -0.2) is 8.42 Å². The SMILES string of the molecule is CCc1ccc(N(CC(=O)NCC(C)C)S(=O)(=O)c2ccccc2)cc1. The van der Waals surface area contributed by atoms with Crippen LogP contribution in [0.1, 0.15) is 26.3 Å². The number of sulfonamides is 1. The molecule has 0 aromatic heterocycles. The first-order valence-electron chi connectivity index (χ1n) is 8.78. The van der Waals surface area contributed by atoms with Gasteiger partial charge in [-0.1, -0.05) is 51.1 Å². The highest BCUT2D eigenvalue weighted by Gasteiger charge is 2.27. The molecule has 140 valence electrons. The summed E-state index contributed by atoms with van der Waals surface area (Å²) in [6.07, 6.45) is 0.862. The van der Waals surface area contributed by atoms with Crippen LogP contribution in [0, 0.1) is 5.92 Å². The van der Waals surface area contributed by atoms with E-state index >= 15 is 0 Å². The molecule has 2 aromatic carbocycles. The van der Waals surface area contributed by atoms with Crippen LogP contribution < -0.4 is 9.62 Å². The number of hydrogen-bond acceptors (Lipinski definition) is 3. The molecule has 2 aromatic rings. The summed E-state index contributed by atoms with van der Waals surface area (Å²) >= 11 is 0. The monoisotopic (exact) mass is 374 g/mol. The van der Waals surface area contributed by atoms with E-state index in [9.17, 15) is 13.2 Å². The number of nitrogens with zero attached hydrogens (tertiary/aromatic N) is 1. The summed E-state index contributed by atoms with van der Waals surface area (Å²) < 4.78 is 27.4. The Labute approximate surface area is 156 Å². The van der Waals surface area contributed by atoms with E-state index in [4.69, 9.17) is 0 Å². The maximum atomic E-state index is 13.1. The fourth-order valence-electron chi connectivity index (χ4n) is 2.44. The minimum Gasteiger partial charge on any atom is -0.354 e. The van der Waals surface area contributed by atoms with Crippen molar-refractivity contribution in [2.24, 2.45) is 5.92 Å². The lowest BCUT2D eigenvalue weighted by Gasteiger charge is -2.24. The normalized spacial score (nSPS) is 11.4. The van der Waals surface area contributed by atoms with Gasteiger partial charge in [-0.15, -0.1) is 0 Å². The van der Waals surface area contributed by atoms with Gasteiger partial charge in [0.05, 0.1) is 10.6 Å². The Morgan fingerprint density at radius 3 is 2.19 bits per heavy atom. The molecule has 0 saturated carbocycles. The molecule has 26 heavy (non-hydrogen) atoms. The van der Waals surface area contributed by atoms with Gasteiger partial charge in [-0.3, -0.25) is 9.10 Å². The Morgan fingerprint density at radius 1 is 1.04 bits per heavy atom. The third kappa shape index (κ3) is 5.08. The molecule has 0 aliphatic rings. The average Bonchev–Trinajstić information content (AvgIpc) is 2.65. The third-order valence-corrected chi connectivity index (χ3v) is 5.75. The number of benzene rings is 2. The van der Waals surface area contributed by atoms with E-state index in [-0.39, 0.29) is 17.3 Å². The Balaban J connectivity index is 2.36. The second-order valence-corrected chi connectivity index (χ2v) is 8.40. The molecule has 0 fully saturated rings. The van der Waals surface area contributed by atoms with Gasteiger partial charge >= 0.3 is 0 Å². The van der Waals surface area contributed by atoms with Crippen molar-refractivity contribution in [1.29, 1.82) is 0 Å². The Kier molecular flexibility index (Phi) is 6.80. The van der Waals surface area contributed by atoms with Gasteiger partial charge < -0.3 is 5.32 Å². The first kappa shape index (κ1) is 20.0. The van der Waals surface area contributed by atoms with Crippen LogP contribution in [-0.2, 0) is 21.2 Å². The molecule has 2 rings (SSSR count). The lowest BCUT2D eigenvalue weighted by molar-refractivity contribution is -0.119. The molecule has 0 atom stereocenters. The van der Waals surface area contributed by atoms with Crippen LogP contribution in [0.15, 0.2) is 59.5 Å². The highest BCUT2D eigenvalue weighted by molar-refractivity contribution is 7.92. The highest BCUT2D eigenvalue weighted by Crippen LogP contribution is 2.24. The summed E-state index contributed by atoms with van der Waals surface area (Å²) in [7, 11) is -3.83. The van der Waals surface area contributed by atoms with Crippen molar-refractivity contribution in [2.45, 2.75) is 32.1 Å². The number of hydrogen-bond donors (Lipinski definition) is 1. The van der Waals surface area contributed by atoms with Crippen molar-refractivity contribution in [3.63, 3.8) is 0 Å². The number of nitrogens with one attached hydrogen (secondary N) is 1. The summed E-state index contributed by atoms with van der Waals surface area (Å²) in [6, 6.07) is 15.4. The van der Waals surface area contributed by atoms with Crippen LogP contribution in [0.25, 0.3) is 0 Å². The van der Waals surface area contributed by atoms with E-state index in [0.29, 0.717) is 18.2 Å². The summed E-state index contributed by atoms with van der Waals surface area (Å²) in [4.78, 5) is 12.5. The molecule has 6 heteroatoms. The van der Waals surface area contributed by atoms with Gasteiger partial charge in [0, 0.05) is 6.54 Å². The Hall–Kier alpha value is -2.34. The van der Waals surface area contributed by atoms with Crippen LogP contribution in [0.4, 0.5) is 5.69 Å². The molecule has 0 radical (unpaired) electrons. The zero-order chi connectivity index (χ0) is 19.2. The molecule has 5 nitrogen and oxygen atoms in total. The summed E-state index contributed by atoms with van der Waals surface area (Å²) in [5.74, 6) is -0.0280. The fraction of sp³-hybridized carbons (Fsp3) is 0.350. The average molecular weight is 375 g/mol. The quantitative estimate of drug-likeness (QED) is 0.771. The van der Waals surface area contributed by atoms with Crippen molar-refractivity contribution in [2.75, 3.05) is 17.4 Å². The zero-order valence-electron chi connectivity index (χ0n) is 15.5. The van der Waals surface area contributed by atoms with E-state index in [0.717, 1.165) is 16.3 Å². The van der Waals surface area contributed by atoms with Gasteiger partial charge in [-0.2, -0.15) is 0 Å². The molecule has 1 amide bonds. The lowest BCUT2D eigenvalue weighted by Crippen LogP contribution is -2.41. The van der Waals surface area contributed by atoms with Crippen LogP contribution >= 0.6 is 0 Å². The number of carbonyl (C=O) groups excluding carboxylic acids is 1. The van der Waals surface area contributed by atoms with Crippen LogP contribution in [0.2, 0.25) is 0 Å². The standard InChI is InChI=1S/C20H26N2O3S/c1-4-17-10-12-18(13-11-17)22(15-20(23)21-14-16(2)3)26(24,25)19-8-6-5-7-9-19/h5-13,16H,4,14-15H2,1-3H3,(H,21,23). The molecular formula is C20H26N2O3S. The maximum Gasteiger partial charge on any atom is 0.264 e. The van der Waals surface area contributed by atoms with Gasteiger partial charge in [0.15, 0.2) is 0 Å². The number of anilines is 1. The van der Waals surface area contributed by atoms with Crippen molar-refractivity contribution in [3.8, 4) is 0 Å². The van der Waals surface area contributed by atoms with Crippen molar-refractivity contribution < 1.29 is 13.2 Å². The zero-order valence-corrected chi connectivity index (χ0v) is 16.3. The number of amides is 1. The first-order chi connectivity index (χ1) is 12.3. The van der Waals surface area contributed by atoms with E-state index < -0.39 is 10.0 Å². The van der Waals surface area contributed by atoms with E-state index in [1.807, 2.05) is 32.9 Å². The Morgan fingerprint density at radius 2 is 1.65 bits per heavy atom. The predicted octanol–water partition coefficient (Wildman–Crippen LogP) is 3.22. The second kappa shape index (κ2) is 8.85. The highest BCUT2D eigenvalue weighted by atomic mass is 32.2. The summed E-state index contributed by atoms with van der Waals surface area (Å²) in [6.45, 7) is 6.26. The lowest BCUT2D eigenvalue weighted by atomic mass is 10.1. The van der Waals surface area contributed by atoms with Crippen LogP contribution in [0.5, 0.6) is 0 Å². The summed E-state index contributed by atoms with van der Waals surface area (Å²) in [5.41, 5.74) is 1.58. The van der Waals surface area contributed by atoms with Crippen LogP contribution in [-0.4, -0.2) is 27.4 Å². The Bertz CT molecular complexity index is 816. The molecule has 0 aliphatic heterocycles. The molecule has 0 aliphatic carbocycles. The number of carbonyl (C=O) groups is 1. The van der Waals surface area contributed by atoms with Crippen molar-refractivity contribution in [1.82, 2.24) is 5.32 Å². The van der Waals surface area contributed by atoms with Crippen molar-refractivity contribution in [3.05, 3.63) is 60.2 Å². The number of rotatable bonds is 8. The maximum absolute atomic E-state index is 13.1. The topological polar surface area (TPSA) is 66.5 Å². The van der Waals surface area contributed by atoms with Gasteiger partial charge in [0.2, 0.25) is 5.91 Å². The molecule has 0 heterocycles. The van der Waals surface area contributed by atoms with E-state index in [1.54, 1.807) is 30.3 Å². The van der Waals surface area contributed by atoms with Gasteiger partial charge in [0.25, 0.3) is 10.0 Å². The summed E-state index contributed by atoms with van der Waals surface area (Å²) in [5, 5.41) is 2.78. The van der Waals surface area contributed by atoms with E-state index in [1.165, 1.54) is 12.1 Å². The smallest absolute Gasteiger partial charge is 0.264 e. The van der Waals surface area contributed by atoms with Crippen molar-refractivity contribution >= 4 is 21.6 Å². The molecule has 1 N–H and O–H groups in total. The third-order valence-electron chi connectivity index (χ3n) is 3.96. The van der Waals surface area contributed by atoms with Gasteiger partial charge in [0.1, 0.15) is 6.54 Å². The molecule has 0 spiro atoms. The minimum absolute atomic E-state index is 0.163. The first-order valence-corrected chi connectivity index (χ1v) is 10.2. The molecule has 0 saturated heterocycles. The largest absolute Gasteiger partial charge is 0.354 e. The molecule has 0 bridgehead atoms. The van der Waals surface area contributed by atoms with E-state index in [2.05, 4.69) is 5.32 Å². The molecule has 0 unspecified atom stereocenters. The van der Waals surface area contributed by atoms with Crippen LogP contribution in [0.3, 0.4) is 0 Å². The molecular weight excluding hydrogens is 348 g/mol. The predicted molar refractivity (Wildman–Crippen MR) is 105 cm³/mol. The second-order valence-electron chi connectivity index (χ2n) is 6.54. The number of aryl methyl sites for hydroxylation is 1.